The van der Waals surface area contributed by atoms with Crippen LogP contribution in [0.5, 0.6) is 5.75 Å². The summed E-state index contributed by atoms with van der Waals surface area (Å²) in [5, 5.41) is 17.0. The average molecular weight is 475 g/mol. The lowest BCUT2D eigenvalue weighted by molar-refractivity contribution is 0.0522. The minimum absolute atomic E-state index is 0. The van der Waals surface area contributed by atoms with Gasteiger partial charge in [-0.2, -0.15) is 0 Å². The molecule has 5 nitrogen and oxygen atoms in total. The third kappa shape index (κ3) is 7.70. The fourth-order valence-electron chi connectivity index (χ4n) is 3.03. The number of nitrogens with one attached hydrogen (secondary N) is 2. The highest BCUT2D eigenvalue weighted by molar-refractivity contribution is 14.0. The van der Waals surface area contributed by atoms with Gasteiger partial charge in [-0.15, -0.1) is 24.0 Å². The van der Waals surface area contributed by atoms with Crippen LogP contribution in [-0.2, 0) is 6.54 Å². The molecule has 148 valence electrons. The first-order valence-corrected chi connectivity index (χ1v) is 9.33. The summed E-state index contributed by atoms with van der Waals surface area (Å²) in [6.07, 6.45) is 3.93. The van der Waals surface area contributed by atoms with Crippen molar-refractivity contribution in [3.05, 3.63) is 29.8 Å². The van der Waals surface area contributed by atoms with Crippen molar-refractivity contribution in [3.63, 3.8) is 0 Å². The van der Waals surface area contributed by atoms with Crippen LogP contribution in [0.2, 0.25) is 0 Å². The number of hydrogen-bond acceptors (Lipinski definition) is 3. The van der Waals surface area contributed by atoms with Crippen LogP contribution in [0, 0.1) is 0 Å². The summed E-state index contributed by atoms with van der Waals surface area (Å²) in [6, 6.07) is 8.01. The van der Waals surface area contributed by atoms with Crippen LogP contribution in [0.3, 0.4) is 0 Å². The summed E-state index contributed by atoms with van der Waals surface area (Å²) in [5.41, 5.74) is 0.215. The van der Waals surface area contributed by atoms with E-state index in [1.165, 1.54) is 0 Å². The molecule has 26 heavy (non-hydrogen) atoms. The van der Waals surface area contributed by atoms with Crippen LogP contribution in [0.15, 0.2) is 29.3 Å². The van der Waals surface area contributed by atoms with Gasteiger partial charge in [0.15, 0.2) is 5.96 Å². The molecule has 0 radical (unpaired) electrons. The molecular formula is C20H34IN3O2. The van der Waals surface area contributed by atoms with Crippen molar-refractivity contribution in [1.29, 1.82) is 0 Å². The van der Waals surface area contributed by atoms with Crippen molar-refractivity contribution in [2.24, 2.45) is 4.99 Å². The number of halogens is 1. The van der Waals surface area contributed by atoms with E-state index in [0.29, 0.717) is 13.1 Å². The summed E-state index contributed by atoms with van der Waals surface area (Å²) in [5.74, 6) is 1.59. The van der Waals surface area contributed by atoms with Gasteiger partial charge in [-0.05, 0) is 46.6 Å². The Balaban J connectivity index is 0.00000338. The average Bonchev–Trinajstić information content (AvgIpc) is 2.97. The van der Waals surface area contributed by atoms with Gasteiger partial charge in [0.05, 0.1) is 12.1 Å². The molecule has 1 aromatic rings. The lowest BCUT2D eigenvalue weighted by atomic mass is 10.0. The molecule has 0 atom stereocenters. The van der Waals surface area contributed by atoms with E-state index in [9.17, 15) is 5.11 Å². The smallest absolute Gasteiger partial charge is 0.191 e. The quantitative estimate of drug-likeness (QED) is 0.332. The monoisotopic (exact) mass is 475 g/mol. The molecule has 1 aliphatic carbocycles. The summed E-state index contributed by atoms with van der Waals surface area (Å²) in [7, 11) is 0. The van der Waals surface area contributed by atoms with Gasteiger partial charge in [-0.1, -0.05) is 31.0 Å². The Bertz CT molecular complexity index is 579. The summed E-state index contributed by atoms with van der Waals surface area (Å²) in [4.78, 5) is 4.67. The van der Waals surface area contributed by atoms with Gasteiger partial charge in [0, 0.05) is 18.7 Å². The Morgan fingerprint density at radius 3 is 2.46 bits per heavy atom. The molecule has 0 unspecified atom stereocenters. The first kappa shape index (κ1) is 23.0. The van der Waals surface area contributed by atoms with Gasteiger partial charge in [0.25, 0.3) is 0 Å². The summed E-state index contributed by atoms with van der Waals surface area (Å²) in [6.45, 7) is 10.0. The number of benzene rings is 1. The molecule has 1 saturated carbocycles. The molecule has 3 N–H and O–H groups in total. The first-order valence-electron chi connectivity index (χ1n) is 9.33. The molecule has 6 heteroatoms. The molecule has 0 saturated heterocycles. The highest BCUT2D eigenvalue weighted by atomic mass is 127. The molecule has 0 aromatic heterocycles. The van der Waals surface area contributed by atoms with Crippen molar-refractivity contribution >= 4 is 29.9 Å². The molecule has 0 spiro atoms. The molecule has 0 aliphatic heterocycles. The number of nitrogens with zero attached hydrogens (tertiary/aromatic N) is 1. The van der Waals surface area contributed by atoms with E-state index >= 15 is 0 Å². The van der Waals surface area contributed by atoms with Gasteiger partial charge < -0.3 is 20.5 Å². The Labute approximate surface area is 175 Å². The minimum atomic E-state index is -0.594. The fraction of sp³-hybridized carbons (Fsp3) is 0.650. The zero-order valence-electron chi connectivity index (χ0n) is 16.5. The second-order valence-electron chi connectivity index (χ2n) is 7.80. The molecule has 0 amide bonds. The van der Waals surface area contributed by atoms with Crippen molar-refractivity contribution in [2.75, 3.05) is 13.1 Å². The largest absolute Gasteiger partial charge is 0.488 e. The topological polar surface area (TPSA) is 65.9 Å². The van der Waals surface area contributed by atoms with Gasteiger partial charge in [0.2, 0.25) is 0 Å². The standard InChI is InChI=1S/C20H33N3O2.HI/c1-5-21-18(23-15-20(24)12-8-9-13-20)22-14-16-10-6-7-11-17(16)25-19(2,3)4;/h6-7,10-11,24H,5,8-9,12-15H2,1-4H3,(H2,21,22,23);1H. The zero-order valence-corrected chi connectivity index (χ0v) is 18.8. The number of para-hydroxylation sites is 1. The van der Waals surface area contributed by atoms with Crippen molar-refractivity contribution in [1.82, 2.24) is 10.6 Å². The molecule has 2 rings (SSSR count). The predicted octanol–water partition coefficient (Wildman–Crippen LogP) is 3.84. The van der Waals surface area contributed by atoms with Gasteiger partial charge in [-0.3, -0.25) is 0 Å². The second-order valence-corrected chi connectivity index (χ2v) is 7.80. The SMILES string of the molecule is CCNC(=NCc1ccccc1OC(C)(C)C)NCC1(O)CCCC1.I. The lowest BCUT2D eigenvalue weighted by Gasteiger charge is -2.24. The molecular weight excluding hydrogens is 441 g/mol. The molecule has 1 aromatic carbocycles. The Hall–Kier alpha value is -1.02. The molecule has 1 aliphatic rings. The predicted molar refractivity (Wildman–Crippen MR) is 118 cm³/mol. The fourth-order valence-corrected chi connectivity index (χ4v) is 3.03. The molecule has 0 bridgehead atoms. The van der Waals surface area contributed by atoms with E-state index in [4.69, 9.17) is 4.74 Å². The number of ether oxygens (including phenoxy) is 1. The maximum absolute atomic E-state index is 10.5. The number of guanidine groups is 1. The van der Waals surface area contributed by atoms with E-state index in [0.717, 1.165) is 49.5 Å². The summed E-state index contributed by atoms with van der Waals surface area (Å²) < 4.78 is 6.03. The second kappa shape index (κ2) is 10.3. The van der Waals surface area contributed by atoms with Crippen LogP contribution in [0.4, 0.5) is 0 Å². The van der Waals surface area contributed by atoms with Crippen LogP contribution < -0.4 is 15.4 Å². The molecule has 0 heterocycles. The number of aliphatic imine (C=N–C) groups is 1. The number of hydrogen-bond donors (Lipinski definition) is 3. The number of rotatable bonds is 6. The molecule has 1 fully saturated rings. The maximum Gasteiger partial charge on any atom is 0.191 e. The van der Waals surface area contributed by atoms with Crippen LogP contribution in [0.25, 0.3) is 0 Å². The third-order valence-electron chi connectivity index (χ3n) is 4.26. The minimum Gasteiger partial charge on any atom is -0.488 e. The Morgan fingerprint density at radius 2 is 1.85 bits per heavy atom. The van der Waals surface area contributed by atoms with Crippen molar-refractivity contribution in [3.8, 4) is 5.75 Å². The van der Waals surface area contributed by atoms with Crippen LogP contribution in [0.1, 0.15) is 58.9 Å². The van der Waals surface area contributed by atoms with Crippen molar-refractivity contribution < 1.29 is 9.84 Å². The lowest BCUT2D eigenvalue weighted by Crippen LogP contribution is -2.46. The van der Waals surface area contributed by atoms with E-state index in [1.807, 2.05) is 52.0 Å². The van der Waals surface area contributed by atoms with E-state index < -0.39 is 5.60 Å². The highest BCUT2D eigenvalue weighted by Crippen LogP contribution is 2.28. The van der Waals surface area contributed by atoms with E-state index in [2.05, 4.69) is 15.6 Å². The van der Waals surface area contributed by atoms with Crippen LogP contribution >= 0.6 is 24.0 Å². The first-order chi connectivity index (χ1) is 11.8. The van der Waals surface area contributed by atoms with E-state index in [-0.39, 0.29) is 29.6 Å². The highest BCUT2D eigenvalue weighted by Gasteiger charge is 2.30. The normalized spacial score (nSPS) is 16.7. The third-order valence-corrected chi connectivity index (χ3v) is 4.26. The van der Waals surface area contributed by atoms with Crippen LogP contribution in [-0.4, -0.2) is 35.4 Å². The van der Waals surface area contributed by atoms with Gasteiger partial charge >= 0.3 is 0 Å². The Morgan fingerprint density at radius 1 is 1.19 bits per heavy atom. The van der Waals surface area contributed by atoms with Crippen molar-refractivity contribution in [2.45, 2.75) is 71.1 Å². The number of aliphatic hydroxyl groups is 1. The maximum atomic E-state index is 10.5. The zero-order chi connectivity index (χ0) is 18.3. The summed E-state index contributed by atoms with van der Waals surface area (Å²) >= 11 is 0. The Kier molecular flexibility index (Phi) is 9.16. The van der Waals surface area contributed by atoms with E-state index in [1.54, 1.807) is 0 Å². The van der Waals surface area contributed by atoms with Gasteiger partial charge in [0.1, 0.15) is 11.4 Å². The van der Waals surface area contributed by atoms with Gasteiger partial charge in [-0.25, -0.2) is 4.99 Å².